The smallest absolute Gasteiger partial charge is 0.408 e. The largest absolute Gasteiger partial charge is 0.444 e. The van der Waals surface area contributed by atoms with E-state index in [0.29, 0.717) is 6.42 Å². The summed E-state index contributed by atoms with van der Waals surface area (Å²) in [6.45, 7) is 7.04. The monoisotopic (exact) mass is 481 g/mol. The summed E-state index contributed by atoms with van der Waals surface area (Å²) in [6, 6.07) is 18.8. The molecule has 1 fully saturated rings. The lowest BCUT2D eigenvalue weighted by Crippen LogP contribution is -2.55. The number of hydrogen-bond acceptors (Lipinski definition) is 5. The summed E-state index contributed by atoms with van der Waals surface area (Å²) in [5, 5.41) is 3.81. The quantitative estimate of drug-likeness (QED) is 0.422. The molecule has 0 aromatic heterocycles. The summed E-state index contributed by atoms with van der Waals surface area (Å²) in [7, 11) is 0. The zero-order chi connectivity index (χ0) is 25.4. The van der Waals surface area contributed by atoms with Gasteiger partial charge in [0.15, 0.2) is 6.10 Å². The Morgan fingerprint density at radius 3 is 2.11 bits per heavy atom. The van der Waals surface area contributed by atoms with Crippen LogP contribution in [0, 0.1) is 0 Å². The zero-order valence-corrected chi connectivity index (χ0v) is 20.8. The first kappa shape index (κ1) is 26.2. The number of rotatable bonds is 9. The van der Waals surface area contributed by atoms with Crippen molar-refractivity contribution in [2.45, 2.75) is 70.8 Å². The van der Waals surface area contributed by atoms with E-state index in [1.165, 1.54) is 17.5 Å². The van der Waals surface area contributed by atoms with Crippen molar-refractivity contribution in [2.75, 3.05) is 6.54 Å². The first-order valence-electron chi connectivity index (χ1n) is 12.0. The van der Waals surface area contributed by atoms with E-state index in [9.17, 15) is 14.4 Å². The minimum atomic E-state index is -0.897. The topological polar surface area (TPSA) is 100 Å². The molecule has 2 N–H and O–H groups in total. The molecule has 35 heavy (non-hydrogen) atoms. The van der Waals surface area contributed by atoms with Crippen molar-refractivity contribution < 1.29 is 23.9 Å². The summed E-state index contributed by atoms with van der Waals surface area (Å²) in [4.78, 5) is 38.0. The van der Waals surface area contributed by atoms with E-state index in [1.807, 2.05) is 60.7 Å². The number of nitrogens with one attached hydrogen (secondary N) is 2. The third-order valence-electron chi connectivity index (χ3n) is 5.49. The molecule has 1 aliphatic rings. The molecule has 0 saturated carbocycles. The van der Waals surface area contributed by atoms with Crippen LogP contribution in [0.15, 0.2) is 60.7 Å². The van der Waals surface area contributed by atoms with Gasteiger partial charge in [-0.3, -0.25) is 20.0 Å². The third-order valence-corrected chi connectivity index (χ3v) is 5.49. The second-order valence-corrected chi connectivity index (χ2v) is 9.69. The predicted octanol–water partition coefficient (Wildman–Crippen LogP) is 3.40. The average Bonchev–Trinajstić information content (AvgIpc) is 3.59. The Bertz CT molecular complexity index is 991. The van der Waals surface area contributed by atoms with Gasteiger partial charge in [0.25, 0.3) is 11.8 Å². The molecule has 2 aromatic rings. The summed E-state index contributed by atoms with van der Waals surface area (Å²) >= 11 is 0. The number of alkyl carbamates (subject to hydrolysis) is 1. The van der Waals surface area contributed by atoms with Crippen LogP contribution in [0.2, 0.25) is 0 Å². The SMILES string of the molecule is C[C@H](NC(=O)OC(C)(C)C)C(=O)NN(CCc1ccccc1)C(=O)[C@@H]1O[C@H]1CCc1ccccc1. The molecular weight excluding hydrogens is 446 g/mol. The van der Waals surface area contributed by atoms with Crippen molar-refractivity contribution in [3.63, 3.8) is 0 Å². The molecule has 3 rings (SSSR count). The molecule has 0 unspecified atom stereocenters. The second kappa shape index (κ2) is 11.8. The van der Waals surface area contributed by atoms with Gasteiger partial charge < -0.3 is 14.8 Å². The lowest BCUT2D eigenvalue weighted by atomic mass is 10.1. The molecule has 3 amide bonds. The van der Waals surface area contributed by atoms with Crippen LogP contribution in [-0.2, 0) is 31.9 Å². The molecule has 188 valence electrons. The van der Waals surface area contributed by atoms with Gasteiger partial charge in [-0.2, -0.15) is 0 Å². The Morgan fingerprint density at radius 1 is 0.971 bits per heavy atom. The Kier molecular flexibility index (Phi) is 8.87. The van der Waals surface area contributed by atoms with Gasteiger partial charge >= 0.3 is 6.09 Å². The molecule has 2 aromatic carbocycles. The molecule has 0 aliphatic carbocycles. The average molecular weight is 482 g/mol. The first-order chi connectivity index (χ1) is 16.6. The van der Waals surface area contributed by atoms with Gasteiger partial charge in [-0.1, -0.05) is 60.7 Å². The van der Waals surface area contributed by atoms with Gasteiger partial charge in [-0.15, -0.1) is 0 Å². The number of epoxide rings is 1. The van der Waals surface area contributed by atoms with Crippen molar-refractivity contribution in [1.29, 1.82) is 0 Å². The number of ether oxygens (including phenoxy) is 2. The maximum absolute atomic E-state index is 13.2. The number of nitrogens with zero attached hydrogens (tertiary/aromatic N) is 1. The van der Waals surface area contributed by atoms with Crippen molar-refractivity contribution in [1.82, 2.24) is 15.8 Å². The number of hydrazine groups is 1. The fourth-order valence-corrected chi connectivity index (χ4v) is 3.57. The molecule has 3 atom stereocenters. The van der Waals surface area contributed by atoms with Crippen molar-refractivity contribution in [2.24, 2.45) is 0 Å². The second-order valence-electron chi connectivity index (χ2n) is 9.69. The van der Waals surface area contributed by atoms with Crippen LogP contribution in [0.5, 0.6) is 0 Å². The van der Waals surface area contributed by atoms with Gasteiger partial charge in [0.2, 0.25) is 0 Å². The molecule has 1 heterocycles. The molecule has 1 aliphatic heterocycles. The van der Waals surface area contributed by atoms with Crippen LogP contribution >= 0.6 is 0 Å². The van der Waals surface area contributed by atoms with Crippen LogP contribution in [0.1, 0.15) is 45.2 Å². The fraction of sp³-hybridized carbons (Fsp3) is 0.444. The van der Waals surface area contributed by atoms with Gasteiger partial charge in [0, 0.05) is 6.54 Å². The number of benzene rings is 2. The molecule has 8 nitrogen and oxygen atoms in total. The van der Waals surface area contributed by atoms with Crippen molar-refractivity contribution in [3.8, 4) is 0 Å². The number of hydrogen-bond donors (Lipinski definition) is 2. The van der Waals surface area contributed by atoms with E-state index in [1.54, 1.807) is 20.8 Å². The van der Waals surface area contributed by atoms with E-state index < -0.39 is 29.7 Å². The van der Waals surface area contributed by atoms with E-state index in [0.717, 1.165) is 18.4 Å². The fourth-order valence-electron chi connectivity index (χ4n) is 3.57. The van der Waals surface area contributed by atoms with E-state index >= 15 is 0 Å². The lowest BCUT2D eigenvalue weighted by molar-refractivity contribution is -0.143. The molecule has 8 heteroatoms. The highest BCUT2D eigenvalue weighted by Gasteiger charge is 2.47. The van der Waals surface area contributed by atoms with Crippen molar-refractivity contribution >= 4 is 17.9 Å². The van der Waals surface area contributed by atoms with Gasteiger partial charge in [-0.25, -0.2) is 4.79 Å². The maximum Gasteiger partial charge on any atom is 0.408 e. The van der Waals surface area contributed by atoms with Crippen LogP contribution in [0.3, 0.4) is 0 Å². The molecule has 0 spiro atoms. The standard InChI is InChI=1S/C27H35N3O5/c1-19(28-26(33)35-27(2,3)4)24(31)29-30(18-17-21-13-9-6-10-14-21)25(32)23-22(34-23)16-15-20-11-7-5-8-12-20/h5-14,19,22-23H,15-18H2,1-4H3,(H,28,33)(H,29,31)/t19-,22-,23+/m0/s1. The highest BCUT2D eigenvalue weighted by molar-refractivity contribution is 5.89. The summed E-state index contributed by atoms with van der Waals surface area (Å²) < 4.78 is 10.9. The molecular formula is C27H35N3O5. The number of carbonyl (C=O) groups is 3. The summed E-state index contributed by atoms with van der Waals surface area (Å²) in [5.41, 5.74) is 4.21. The van der Waals surface area contributed by atoms with Crippen LogP contribution in [-0.4, -0.2) is 53.3 Å². The third kappa shape index (κ3) is 8.72. The highest BCUT2D eigenvalue weighted by Crippen LogP contribution is 2.28. The maximum atomic E-state index is 13.2. The Labute approximate surface area is 206 Å². The zero-order valence-electron chi connectivity index (χ0n) is 20.8. The van der Waals surface area contributed by atoms with Crippen LogP contribution in [0.25, 0.3) is 0 Å². The summed E-state index contributed by atoms with van der Waals surface area (Å²) in [6.07, 6.45) is 0.608. The summed E-state index contributed by atoms with van der Waals surface area (Å²) in [5.74, 6) is -0.810. The minimum absolute atomic E-state index is 0.184. The van der Waals surface area contributed by atoms with Gasteiger partial charge in [0.05, 0.1) is 6.10 Å². The molecule has 0 radical (unpaired) electrons. The highest BCUT2D eigenvalue weighted by atomic mass is 16.6. The lowest BCUT2D eigenvalue weighted by Gasteiger charge is -2.26. The minimum Gasteiger partial charge on any atom is -0.444 e. The van der Waals surface area contributed by atoms with Crippen LogP contribution < -0.4 is 10.7 Å². The van der Waals surface area contributed by atoms with Crippen molar-refractivity contribution in [3.05, 3.63) is 71.8 Å². The molecule has 0 bridgehead atoms. The molecule has 1 saturated heterocycles. The number of amides is 3. The number of carbonyl (C=O) groups excluding carboxylic acids is 3. The Hall–Kier alpha value is -3.39. The van der Waals surface area contributed by atoms with E-state index in [2.05, 4.69) is 10.7 Å². The van der Waals surface area contributed by atoms with E-state index in [4.69, 9.17) is 9.47 Å². The first-order valence-corrected chi connectivity index (χ1v) is 12.0. The number of aryl methyl sites for hydroxylation is 1. The normalized spacial score (nSPS) is 17.7. The van der Waals surface area contributed by atoms with Gasteiger partial charge in [0.1, 0.15) is 11.6 Å². The van der Waals surface area contributed by atoms with E-state index in [-0.39, 0.29) is 18.6 Å². The Morgan fingerprint density at radius 2 is 1.54 bits per heavy atom. The Balaban J connectivity index is 1.58. The van der Waals surface area contributed by atoms with Gasteiger partial charge in [-0.05, 0) is 58.1 Å². The van der Waals surface area contributed by atoms with Crippen LogP contribution in [0.4, 0.5) is 4.79 Å². The predicted molar refractivity (Wildman–Crippen MR) is 132 cm³/mol.